The normalized spacial score (nSPS) is 22.1. The average Bonchev–Trinajstić information content (AvgIpc) is 2.28. The standard InChI is InChI=1S/C13H13NO2/c1-9(15)8-12-10(2)14(13(12)16)11-6-4-3-5-7-11/h3-8,10H,1-2H3. The van der Waals surface area contributed by atoms with Crippen molar-refractivity contribution in [2.45, 2.75) is 19.9 Å². The average molecular weight is 215 g/mol. The molecule has 3 nitrogen and oxygen atoms in total. The van der Waals surface area contributed by atoms with Gasteiger partial charge in [-0.1, -0.05) is 18.2 Å². The molecule has 0 spiro atoms. The van der Waals surface area contributed by atoms with Crippen molar-refractivity contribution in [3.05, 3.63) is 42.0 Å². The molecule has 1 aliphatic heterocycles. The first-order valence-corrected chi connectivity index (χ1v) is 5.22. The molecule has 0 aliphatic carbocycles. The third-order valence-electron chi connectivity index (χ3n) is 2.70. The molecule has 1 aromatic carbocycles. The smallest absolute Gasteiger partial charge is 0.256 e. The molecule has 1 saturated heterocycles. The second kappa shape index (κ2) is 3.93. The maximum atomic E-state index is 11.8. The number of benzene rings is 1. The zero-order valence-electron chi connectivity index (χ0n) is 9.31. The van der Waals surface area contributed by atoms with Gasteiger partial charge in [0.1, 0.15) is 0 Å². The molecule has 0 N–H and O–H groups in total. The van der Waals surface area contributed by atoms with Gasteiger partial charge in [0.05, 0.1) is 6.04 Å². The van der Waals surface area contributed by atoms with E-state index in [1.807, 2.05) is 37.3 Å². The highest BCUT2D eigenvalue weighted by Crippen LogP contribution is 2.31. The quantitative estimate of drug-likeness (QED) is 0.558. The monoisotopic (exact) mass is 215 g/mol. The minimum atomic E-state index is -0.0806. The number of nitrogens with zero attached hydrogens (tertiary/aromatic N) is 1. The van der Waals surface area contributed by atoms with Gasteiger partial charge in [-0.2, -0.15) is 0 Å². The fourth-order valence-electron chi connectivity index (χ4n) is 1.90. The maximum Gasteiger partial charge on any atom is 0.256 e. The number of hydrogen-bond acceptors (Lipinski definition) is 2. The number of ketones is 1. The summed E-state index contributed by atoms with van der Waals surface area (Å²) < 4.78 is 0. The van der Waals surface area contributed by atoms with Crippen LogP contribution in [0, 0.1) is 0 Å². The Morgan fingerprint density at radius 1 is 1.31 bits per heavy atom. The molecule has 1 amide bonds. The van der Waals surface area contributed by atoms with Crippen LogP contribution in [-0.4, -0.2) is 17.7 Å². The first kappa shape index (κ1) is 10.6. The summed E-state index contributed by atoms with van der Waals surface area (Å²) in [6.45, 7) is 3.38. The number of hydrogen-bond donors (Lipinski definition) is 0. The zero-order chi connectivity index (χ0) is 11.7. The lowest BCUT2D eigenvalue weighted by Gasteiger charge is -2.40. The van der Waals surface area contributed by atoms with Crippen LogP contribution >= 0.6 is 0 Å². The van der Waals surface area contributed by atoms with Crippen molar-refractivity contribution in [2.75, 3.05) is 4.90 Å². The molecule has 1 fully saturated rings. The largest absolute Gasteiger partial charge is 0.301 e. The predicted molar refractivity (Wildman–Crippen MR) is 62.2 cm³/mol. The molecule has 1 aliphatic rings. The summed E-state index contributed by atoms with van der Waals surface area (Å²) in [5, 5.41) is 0. The summed E-state index contributed by atoms with van der Waals surface area (Å²) in [7, 11) is 0. The third-order valence-corrected chi connectivity index (χ3v) is 2.70. The summed E-state index contributed by atoms with van der Waals surface area (Å²) in [4.78, 5) is 24.4. The molecule has 1 heterocycles. The molecule has 1 unspecified atom stereocenters. The van der Waals surface area contributed by atoms with Gasteiger partial charge in [-0.25, -0.2) is 0 Å². The van der Waals surface area contributed by atoms with Crippen LogP contribution in [0.3, 0.4) is 0 Å². The highest BCUT2D eigenvalue weighted by molar-refractivity contribution is 6.17. The first-order valence-electron chi connectivity index (χ1n) is 5.22. The van der Waals surface area contributed by atoms with Crippen LogP contribution in [0.25, 0.3) is 0 Å². The van der Waals surface area contributed by atoms with Crippen LogP contribution in [0.2, 0.25) is 0 Å². The Labute approximate surface area is 94.4 Å². The van der Waals surface area contributed by atoms with Crippen molar-refractivity contribution in [1.29, 1.82) is 0 Å². The van der Waals surface area contributed by atoms with Gasteiger partial charge in [0, 0.05) is 11.3 Å². The highest BCUT2D eigenvalue weighted by Gasteiger charge is 2.39. The Morgan fingerprint density at radius 2 is 1.94 bits per heavy atom. The molecule has 0 bridgehead atoms. The lowest BCUT2D eigenvalue weighted by molar-refractivity contribution is -0.119. The lowest BCUT2D eigenvalue weighted by Crippen LogP contribution is -2.54. The van der Waals surface area contributed by atoms with Crippen molar-refractivity contribution < 1.29 is 9.59 Å². The van der Waals surface area contributed by atoms with E-state index in [4.69, 9.17) is 0 Å². The van der Waals surface area contributed by atoms with Gasteiger partial charge in [-0.3, -0.25) is 9.59 Å². The Morgan fingerprint density at radius 3 is 2.44 bits per heavy atom. The Balaban J connectivity index is 2.25. The number of para-hydroxylation sites is 1. The summed E-state index contributed by atoms with van der Waals surface area (Å²) in [5.74, 6) is -0.156. The van der Waals surface area contributed by atoms with E-state index >= 15 is 0 Å². The van der Waals surface area contributed by atoms with E-state index in [1.54, 1.807) is 4.90 Å². The second-order valence-electron chi connectivity index (χ2n) is 3.90. The second-order valence-corrected chi connectivity index (χ2v) is 3.90. The van der Waals surface area contributed by atoms with E-state index in [9.17, 15) is 9.59 Å². The van der Waals surface area contributed by atoms with Crippen LogP contribution in [-0.2, 0) is 9.59 Å². The molecule has 2 rings (SSSR count). The summed E-state index contributed by atoms with van der Waals surface area (Å²) in [5.41, 5.74) is 1.47. The molecule has 82 valence electrons. The van der Waals surface area contributed by atoms with Gasteiger partial charge in [0.25, 0.3) is 5.91 Å². The van der Waals surface area contributed by atoms with Crippen LogP contribution in [0.1, 0.15) is 13.8 Å². The van der Waals surface area contributed by atoms with Crippen molar-refractivity contribution >= 4 is 17.4 Å². The number of carbonyl (C=O) groups is 2. The minimum absolute atomic E-state index is 0.0150. The van der Waals surface area contributed by atoms with E-state index in [0.717, 1.165) is 5.69 Å². The number of rotatable bonds is 2. The van der Waals surface area contributed by atoms with E-state index in [0.29, 0.717) is 5.57 Å². The number of β-lactam (4-membered cyclic amide) rings is 1. The molecule has 16 heavy (non-hydrogen) atoms. The molecular weight excluding hydrogens is 202 g/mol. The predicted octanol–water partition coefficient (Wildman–Crippen LogP) is 1.94. The topological polar surface area (TPSA) is 37.4 Å². The van der Waals surface area contributed by atoms with E-state index in [-0.39, 0.29) is 17.7 Å². The van der Waals surface area contributed by atoms with Crippen LogP contribution in [0.5, 0.6) is 0 Å². The molecule has 0 radical (unpaired) electrons. The Hall–Kier alpha value is -1.90. The van der Waals surface area contributed by atoms with Crippen molar-refractivity contribution in [1.82, 2.24) is 0 Å². The van der Waals surface area contributed by atoms with Crippen molar-refractivity contribution in [3.63, 3.8) is 0 Å². The third kappa shape index (κ3) is 1.65. The van der Waals surface area contributed by atoms with Gasteiger partial charge < -0.3 is 4.90 Å². The van der Waals surface area contributed by atoms with Crippen molar-refractivity contribution in [2.24, 2.45) is 0 Å². The van der Waals surface area contributed by atoms with Gasteiger partial charge in [-0.05, 0) is 32.1 Å². The number of amides is 1. The van der Waals surface area contributed by atoms with Gasteiger partial charge in [0.2, 0.25) is 0 Å². The van der Waals surface area contributed by atoms with Gasteiger partial charge in [0.15, 0.2) is 5.78 Å². The summed E-state index contributed by atoms with van der Waals surface area (Å²) in [6.07, 6.45) is 1.42. The molecular formula is C13H13NO2. The zero-order valence-corrected chi connectivity index (χ0v) is 9.31. The SMILES string of the molecule is CC(=O)C=C1C(=O)N(c2ccccc2)C1C. The molecule has 0 aromatic heterocycles. The fraction of sp³-hybridized carbons (Fsp3) is 0.231. The van der Waals surface area contributed by atoms with E-state index in [2.05, 4.69) is 0 Å². The number of carbonyl (C=O) groups excluding carboxylic acids is 2. The lowest BCUT2D eigenvalue weighted by atomic mass is 9.94. The molecule has 3 heteroatoms. The van der Waals surface area contributed by atoms with Gasteiger partial charge in [-0.15, -0.1) is 0 Å². The first-order chi connectivity index (χ1) is 7.61. The maximum absolute atomic E-state index is 11.8. The molecule has 1 aromatic rings. The number of allylic oxidation sites excluding steroid dienone is 1. The van der Waals surface area contributed by atoms with Crippen LogP contribution in [0.4, 0.5) is 5.69 Å². The van der Waals surface area contributed by atoms with E-state index < -0.39 is 0 Å². The van der Waals surface area contributed by atoms with Crippen molar-refractivity contribution in [3.8, 4) is 0 Å². The van der Waals surface area contributed by atoms with Crippen LogP contribution < -0.4 is 4.90 Å². The fourth-order valence-corrected chi connectivity index (χ4v) is 1.90. The summed E-state index contributed by atoms with van der Waals surface area (Å²) >= 11 is 0. The van der Waals surface area contributed by atoms with Crippen LogP contribution in [0.15, 0.2) is 42.0 Å². The highest BCUT2D eigenvalue weighted by atomic mass is 16.2. The van der Waals surface area contributed by atoms with E-state index in [1.165, 1.54) is 13.0 Å². The number of anilines is 1. The Bertz CT molecular complexity index is 462. The molecule has 0 saturated carbocycles. The Kier molecular flexibility index (Phi) is 2.60. The van der Waals surface area contributed by atoms with Gasteiger partial charge >= 0.3 is 0 Å². The summed E-state index contributed by atoms with van der Waals surface area (Å²) in [6, 6.07) is 9.45. The molecule has 1 atom stereocenters. The minimum Gasteiger partial charge on any atom is -0.301 e.